The molecular weight excluding hydrogens is 268 g/mol. The highest BCUT2D eigenvalue weighted by atomic mass is 16.7. The van der Waals surface area contributed by atoms with E-state index in [-0.39, 0.29) is 24.9 Å². The van der Waals surface area contributed by atoms with Crippen molar-refractivity contribution < 1.29 is 19.3 Å². The van der Waals surface area contributed by atoms with Gasteiger partial charge >= 0.3 is 0 Å². The van der Waals surface area contributed by atoms with Gasteiger partial charge in [-0.1, -0.05) is 37.3 Å². The molecule has 2 rings (SSSR count). The van der Waals surface area contributed by atoms with Crippen molar-refractivity contribution in [2.75, 3.05) is 26.4 Å². The van der Waals surface area contributed by atoms with Crippen LogP contribution in [0.5, 0.6) is 0 Å². The minimum atomic E-state index is -0.264. The number of hydrogen-bond donors (Lipinski definition) is 1. The highest BCUT2D eigenvalue weighted by Crippen LogP contribution is 2.18. The topological polar surface area (TPSA) is 47.9 Å². The molecule has 21 heavy (non-hydrogen) atoms. The summed E-state index contributed by atoms with van der Waals surface area (Å²) >= 11 is 0. The van der Waals surface area contributed by atoms with Gasteiger partial charge in [-0.25, -0.2) is 0 Å². The van der Waals surface area contributed by atoms with E-state index < -0.39 is 0 Å². The second kappa shape index (κ2) is 9.15. The number of aliphatic hydroxyl groups is 1. The molecule has 1 aliphatic rings. The monoisotopic (exact) mass is 294 g/mol. The SMILES string of the molecule is CC(COC1CCCCO1)CO[C@@H](CO)c1ccccc1. The van der Waals surface area contributed by atoms with Gasteiger partial charge in [0, 0.05) is 12.5 Å². The van der Waals surface area contributed by atoms with Crippen molar-refractivity contribution in [1.82, 2.24) is 0 Å². The predicted octanol–water partition coefficient (Wildman–Crippen LogP) is 2.92. The van der Waals surface area contributed by atoms with Gasteiger partial charge in [0.05, 0.1) is 19.8 Å². The molecule has 0 aromatic heterocycles. The van der Waals surface area contributed by atoms with Crippen molar-refractivity contribution >= 4 is 0 Å². The van der Waals surface area contributed by atoms with Gasteiger partial charge in [-0.15, -0.1) is 0 Å². The number of ether oxygens (including phenoxy) is 3. The summed E-state index contributed by atoms with van der Waals surface area (Å²) in [6.07, 6.45) is 2.98. The van der Waals surface area contributed by atoms with Crippen LogP contribution in [0.25, 0.3) is 0 Å². The first-order chi connectivity index (χ1) is 10.3. The molecule has 4 nitrogen and oxygen atoms in total. The van der Waals surface area contributed by atoms with E-state index in [1.54, 1.807) is 0 Å². The molecule has 1 fully saturated rings. The Labute approximate surface area is 127 Å². The molecule has 118 valence electrons. The fourth-order valence-corrected chi connectivity index (χ4v) is 2.36. The summed E-state index contributed by atoms with van der Waals surface area (Å²) in [4.78, 5) is 0. The van der Waals surface area contributed by atoms with Crippen LogP contribution in [-0.2, 0) is 14.2 Å². The molecule has 1 N–H and O–H groups in total. The Kier molecular flexibility index (Phi) is 7.16. The molecule has 1 aromatic rings. The van der Waals surface area contributed by atoms with Gasteiger partial charge < -0.3 is 19.3 Å². The van der Waals surface area contributed by atoms with Crippen LogP contribution in [0.1, 0.15) is 37.9 Å². The maximum Gasteiger partial charge on any atom is 0.157 e. The maximum absolute atomic E-state index is 9.45. The van der Waals surface area contributed by atoms with Crippen molar-refractivity contribution in [3.05, 3.63) is 35.9 Å². The summed E-state index contributed by atoms with van der Waals surface area (Å²) in [7, 11) is 0. The van der Waals surface area contributed by atoms with E-state index >= 15 is 0 Å². The number of hydrogen-bond acceptors (Lipinski definition) is 4. The second-order valence-corrected chi connectivity index (χ2v) is 5.65. The van der Waals surface area contributed by atoms with Crippen LogP contribution in [0, 0.1) is 5.92 Å². The molecular formula is C17H26O4. The zero-order chi connectivity index (χ0) is 14.9. The highest BCUT2D eigenvalue weighted by Gasteiger charge is 2.17. The molecule has 1 aliphatic heterocycles. The van der Waals surface area contributed by atoms with Crippen molar-refractivity contribution in [3.63, 3.8) is 0 Å². The number of benzene rings is 1. The Bertz CT molecular complexity index is 376. The molecule has 0 spiro atoms. The van der Waals surface area contributed by atoms with Gasteiger partial charge in [-0.2, -0.15) is 0 Å². The van der Waals surface area contributed by atoms with Crippen molar-refractivity contribution in [1.29, 1.82) is 0 Å². The molecule has 0 radical (unpaired) electrons. The van der Waals surface area contributed by atoms with Gasteiger partial charge in [0.1, 0.15) is 6.10 Å². The van der Waals surface area contributed by atoms with Crippen LogP contribution >= 0.6 is 0 Å². The molecule has 0 amide bonds. The van der Waals surface area contributed by atoms with Gasteiger partial charge in [0.25, 0.3) is 0 Å². The summed E-state index contributed by atoms with van der Waals surface area (Å²) in [6.45, 7) is 4.06. The predicted molar refractivity (Wildman–Crippen MR) is 80.9 cm³/mol. The molecule has 0 saturated carbocycles. The Morgan fingerprint density at radius 1 is 1.24 bits per heavy atom. The first-order valence-electron chi connectivity index (χ1n) is 7.80. The third kappa shape index (κ3) is 5.75. The molecule has 0 bridgehead atoms. The molecule has 4 heteroatoms. The van der Waals surface area contributed by atoms with Crippen molar-refractivity contribution in [3.8, 4) is 0 Å². The van der Waals surface area contributed by atoms with Crippen LogP contribution in [0.15, 0.2) is 30.3 Å². The van der Waals surface area contributed by atoms with E-state index in [1.807, 2.05) is 30.3 Å². The van der Waals surface area contributed by atoms with E-state index in [1.165, 1.54) is 6.42 Å². The first-order valence-corrected chi connectivity index (χ1v) is 7.80. The summed E-state index contributed by atoms with van der Waals surface area (Å²) in [5, 5.41) is 9.45. The normalized spacial score (nSPS) is 21.9. The lowest BCUT2D eigenvalue weighted by molar-refractivity contribution is -0.172. The van der Waals surface area contributed by atoms with Crippen LogP contribution in [-0.4, -0.2) is 37.8 Å². The minimum absolute atomic E-state index is 0.0106. The van der Waals surface area contributed by atoms with E-state index in [9.17, 15) is 5.11 Å². The molecule has 1 heterocycles. The van der Waals surface area contributed by atoms with Gasteiger partial charge in [-0.05, 0) is 24.8 Å². The van der Waals surface area contributed by atoms with E-state index in [4.69, 9.17) is 14.2 Å². The molecule has 2 unspecified atom stereocenters. The molecule has 1 aromatic carbocycles. The largest absolute Gasteiger partial charge is 0.393 e. The average Bonchev–Trinajstić information content (AvgIpc) is 2.55. The maximum atomic E-state index is 9.45. The van der Waals surface area contributed by atoms with Crippen LogP contribution < -0.4 is 0 Å². The molecule has 0 aliphatic carbocycles. The number of aliphatic hydroxyl groups excluding tert-OH is 1. The number of rotatable bonds is 8. The Morgan fingerprint density at radius 2 is 2.05 bits per heavy atom. The summed E-state index contributed by atoms with van der Waals surface area (Å²) < 4.78 is 17.1. The van der Waals surface area contributed by atoms with Gasteiger partial charge in [-0.3, -0.25) is 0 Å². The summed E-state index contributed by atoms with van der Waals surface area (Å²) in [5.41, 5.74) is 1.00. The fourth-order valence-electron chi connectivity index (χ4n) is 2.36. The van der Waals surface area contributed by atoms with Gasteiger partial charge in [0.2, 0.25) is 0 Å². The lowest BCUT2D eigenvalue weighted by Gasteiger charge is -2.25. The zero-order valence-electron chi connectivity index (χ0n) is 12.7. The Morgan fingerprint density at radius 3 is 2.71 bits per heavy atom. The first kappa shape index (κ1) is 16.4. The zero-order valence-corrected chi connectivity index (χ0v) is 12.7. The quantitative estimate of drug-likeness (QED) is 0.801. The smallest absolute Gasteiger partial charge is 0.157 e. The van der Waals surface area contributed by atoms with E-state index in [2.05, 4.69) is 6.92 Å². The van der Waals surface area contributed by atoms with Crippen molar-refractivity contribution in [2.24, 2.45) is 5.92 Å². The lowest BCUT2D eigenvalue weighted by atomic mass is 10.1. The van der Waals surface area contributed by atoms with E-state index in [0.29, 0.717) is 13.2 Å². The minimum Gasteiger partial charge on any atom is -0.393 e. The van der Waals surface area contributed by atoms with E-state index in [0.717, 1.165) is 25.0 Å². The average molecular weight is 294 g/mol. The Balaban J connectivity index is 1.68. The second-order valence-electron chi connectivity index (χ2n) is 5.65. The summed E-state index contributed by atoms with van der Waals surface area (Å²) in [5.74, 6) is 0.272. The van der Waals surface area contributed by atoms with Crippen LogP contribution in [0.4, 0.5) is 0 Å². The van der Waals surface area contributed by atoms with Crippen molar-refractivity contribution in [2.45, 2.75) is 38.6 Å². The third-order valence-electron chi connectivity index (χ3n) is 3.62. The standard InChI is InChI=1S/C17H26O4/c1-14(13-21-17-9-5-6-10-19-17)12-20-16(11-18)15-7-3-2-4-8-15/h2-4,7-8,14,16-18H,5-6,9-13H2,1H3/t14?,16-,17?/m0/s1. The fraction of sp³-hybridized carbons (Fsp3) is 0.647. The highest BCUT2D eigenvalue weighted by molar-refractivity contribution is 5.17. The van der Waals surface area contributed by atoms with Gasteiger partial charge in [0.15, 0.2) is 6.29 Å². The van der Waals surface area contributed by atoms with Crippen LogP contribution in [0.2, 0.25) is 0 Å². The summed E-state index contributed by atoms with van der Waals surface area (Å²) in [6, 6.07) is 9.80. The lowest BCUT2D eigenvalue weighted by Crippen LogP contribution is -2.26. The Hall–Kier alpha value is -0.940. The van der Waals surface area contributed by atoms with Crippen LogP contribution in [0.3, 0.4) is 0 Å². The third-order valence-corrected chi connectivity index (χ3v) is 3.62. The molecule has 1 saturated heterocycles. The molecule has 3 atom stereocenters.